The van der Waals surface area contributed by atoms with Gasteiger partial charge in [0, 0.05) is 12.6 Å². The van der Waals surface area contributed by atoms with E-state index < -0.39 is 21.6 Å². The molecule has 0 saturated heterocycles. The van der Waals surface area contributed by atoms with Crippen LogP contribution in [0.3, 0.4) is 0 Å². The van der Waals surface area contributed by atoms with E-state index >= 15 is 0 Å². The molecule has 0 amide bonds. The molecule has 0 aromatic carbocycles. The van der Waals surface area contributed by atoms with E-state index in [4.69, 9.17) is 0 Å². The second-order valence-corrected chi connectivity index (χ2v) is 4.37. The molecule has 1 aliphatic carbocycles. The standard InChI is InChI=1S/C11H9NO4S/c13-9-5-3-7-12(11(9)14)8-4-1-2-6-10(8)17(15)16/h1-5,7,13H,6H2. The van der Waals surface area contributed by atoms with Gasteiger partial charge in [-0.05, 0) is 18.2 Å². The van der Waals surface area contributed by atoms with Gasteiger partial charge in [-0.2, -0.15) is 8.42 Å². The molecule has 5 nitrogen and oxygen atoms in total. The number of aromatic nitrogens is 1. The van der Waals surface area contributed by atoms with Crippen LogP contribution in [0.15, 0.2) is 41.4 Å². The van der Waals surface area contributed by atoms with E-state index in [-0.39, 0.29) is 17.0 Å². The van der Waals surface area contributed by atoms with Crippen LogP contribution in [0.2, 0.25) is 0 Å². The van der Waals surface area contributed by atoms with Gasteiger partial charge in [-0.25, -0.2) is 0 Å². The molecule has 0 atom stereocenters. The average Bonchev–Trinajstić information content (AvgIpc) is 2.33. The van der Waals surface area contributed by atoms with Crippen LogP contribution in [0.25, 0.3) is 5.70 Å². The third-order valence-electron chi connectivity index (χ3n) is 2.37. The van der Waals surface area contributed by atoms with Crippen molar-refractivity contribution in [3.63, 3.8) is 0 Å². The van der Waals surface area contributed by atoms with E-state index in [0.29, 0.717) is 0 Å². The number of pyridine rings is 1. The molecule has 0 radical (unpaired) electrons. The van der Waals surface area contributed by atoms with Gasteiger partial charge in [0.2, 0.25) is 10.3 Å². The van der Waals surface area contributed by atoms with Crippen LogP contribution in [-0.4, -0.2) is 23.0 Å². The maximum atomic E-state index is 11.7. The molecule has 88 valence electrons. The second kappa shape index (κ2) is 4.42. The molecule has 2 rings (SSSR count). The summed E-state index contributed by atoms with van der Waals surface area (Å²) in [6.07, 6.45) is 6.53. The van der Waals surface area contributed by atoms with E-state index in [1.807, 2.05) is 0 Å². The van der Waals surface area contributed by atoms with Crippen LogP contribution < -0.4 is 5.56 Å². The van der Waals surface area contributed by atoms with Gasteiger partial charge >= 0.3 is 0 Å². The third-order valence-corrected chi connectivity index (χ3v) is 3.15. The SMILES string of the molecule is O=c1c(O)cccn1C1=CC=CCC1=S(=O)=O. The lowest BCUT2D eigenvalue weighted by Crippen LogP contribution is -2.23. The number of aromatic hydroxyl groups is 1. The fraction of sp³-hybridized carbons (Fsp3) is 0.0909. The summed E-state index contributed by atoms with van der Waals surface area (Å²) < 4.78 is 23.2. The fourth-order valence-electron chi connectivity index (χ4n) is 1.57. The van der Waals surface area contributed by atoms with Crippen LogP contribution in [0.4, 0.5) is 0 Å². The Bertz CT molecular complexity index is 699. The van der Waals surface area contributed by atoms with Crippen LogP contribution in [-0.2, 0) is 10.3 Å². The van der Waals surface area contributed by atoms with Crippen molar-refractivity contribution in [2.75, 3.05) is 0 Å². The molecule has 0 bridgehead atoms. The number of hydrogen-bond donors (Lipinski definition) is 1. The molecule has 17 heavy (non-hydrogen) atoms. The first-order valence-electron chi connectivity index (χ1n) is 4.84. The van der Waals surface area contributed by atoms with Crippen molar-refractivity contribution in [3.05, 3.63) is 46.9 Å². The van der Waals surface area contributed by atoms with Gasteiger partial charge in [0.1, 0.15) is 0 Å². The van der Waals surface area contributed by atoms with Crippen molar-refractivity contribution >= 4 is 20.9 Å². The van der Waals surface area contributed by atoms with Crippen LogP contribution in [0.1, 0.15) is 6.42 Å². The molecule has 0 fully saturated rings. The summed E-state index contributed by atoms with van der Waals surface area (Å²) in [5.41, 5.74) is -0.376. The number of rotatable bonds is 1. The Labute approximate surface area is 98.5 Å². The minimum Gasteiger partial charge on any atom is -0.503 e. The Morgan fingerprint density at radius 2 is 2.12 bits per heavy atom. The summed E-state index contributed by atoms with van der Waals surface area (Å²) in [6.45, 7) is 0. The molecule has 1 aliphatic rings. The van der Waals surface area contributed by atoms with E-state index in [2.05, 4.69) is 0 Å². The summed E-state index contributed by atoms with van der Waals surface area (Å²) >= 11 is 0. The van der Waals surface area contributed by atoms with Crippen molar-refractivity contribution in [1.82, 2.24) is 4.57 Å². The largest absolute Gasteiger partial charge is 0.503 e. The smallest absolute Gasteiger partial charge is 0.297 e. The van der Waals surface area contributed by atoms with Gasteiger partial charge in [-0.1, -0.05) is 12.2 Å². The zero-order valence-electron chi connectivity index (χ0n) is 8.70. The lowest BCUT2D eigenvalue weighted by Gasteiger charge is -2.12. The van der Waals surface area contributed by atoms with Gasteiger partial charge in [-0.3, -0.25) is 9.36 Å². The molecule has 0 saturated carbocycles. The van der Waals surface area contributed by atoms with Crippen LogP contribution >= 0.6 is 0 Å². The van der Waals surface area contributed by atoms with E-state index in [1.54, 1.807) is 12.2 Å². The molecule has 1 aromatic rings. The highest BCUT2D eigenvalue weighted by Crippen LogP contribution is 2.13. The molecular weight excluding hydrogens is 242 g/mol. The van der Waals surface area contributed by atoms with Crippen molar-refractivity contribution in [3.8, 4) is 5.75 Å². The molecule has 0 unspecified atom stereocenters. The van der Waals surface area contributed by atoms with Gasteiger partial charge < -0.3 is 5.11 Å². The van der Waals surface area contributed by atoms with Crippen molar-refractivity contribution < 1.29 is 13.5 Å². The second-order valence-electron chi connectivity index (χ2n) is 3.41. The first kappa shape index (κ1) is 11.4. The average molecular weight is 251 g/mol. The van der Waals surface area contributed by atoms with Gasteiger partial charge in [0.05, 0.1) is 10.6 Å². The molecule has 6 heteroatoms. The summed E-state index contributed by atoms with van der Waals surface area (Å²) in [4.78, 5) is 11.8. The molecule has 0 spiro atoms. The first-order chi connectivity index (χ1) is 8.11. The van der Waals surface area contributed by atoms with Crippen molar-refractivity contribution in [2.24, 2.45) is 0 Å². The molecular formula is C11H9NO4S. The predicted molar refractivity (Wildman–Crippen MR) is 64.3 cm³/mol. The topological polar surface area (TPSA) is 76.4 Å². The number of allylic oxidation sites excluding steroid dienone is 4. The lowest BCUT2D eigenvalue weighted by molar-refractivity contribution is 0.464. The number of nitrogens with zero attached hydrogens (tertiary/aromatic N) is 1. The minimum absolute atomic E-state index is 0.125. The normalized spacial score (nSPS) is 14.6. The Hall–Kier alpha value is -2.08. The van der Waals surface area contributed by atoms with Crippen molar-refractivity contribution in [2.45, 2.75) is 6.42 Å². The van der Waals surface area contributed by atoms with Gasteiger partial charge in [0.15, 0.2) is 5.75 Å². The maximum absolute atomic E-state index is 11.7. The number of hydrogen-bond acceptors (Lipinski definition) is 4. The van der Waals surface area contributed by atoms with Crippen molar-refractivity contribution in [1.29, 1.82) is 0 Å². The van der Waals surface area contributed by atoms with E-state index in [1.165, 1.54) is 24.4 Å². The summed E-state index contributed by atoms with van der Waals surface area (Å²) in [7, 11) is -2.39. The summed E-state index contributed by atoms with van der Waals surface area (Å²) in [5, 5.41) is 9.31. The Morgan fingerprint density at radius 1 is 1.35 bits per heavy atom. The Morgan fingerprint density at radius 3 is 2.82 bits per heavy atom. The van der Waals surface area contributed by atoms with Gasteiger partial charge in [0.25, 0.3) is 5.56 Å². The summed E-state index contributed by atoms with van der Waals surface area (Å²) in [6, 6.07) is 2.73. The quantitative estimate of drug-likeness (QED) is 0.733. The van der Waals surface area contributed by atoms with Crippen LogP contribution in [0.5, 0.6) is 5.75 Å². The van der Waals surface area contributed by atoms with Crippen LogP contribution in [0, 0.1) is 0 Å². The molecule has 0 aliphatic heterocycles. The van der Waals surface area contributed by atoms with E-state index in [0.717, 1.165) is 4.57 Å². The Kier molecular flexibility index (Phi) is 2.97. The predicted octanol–water partition coefficient (Wildman–Crippen LogP) is 0.406. The first-order valence-corrected chi connectivity index (χ1v) is 5.92. The molecule has 1 aromatic heterocycles. The summed E-state index contributed by atoms with van der Waals surface area (Å²) in [5.74, 6) is -0.418. The third kappa shape index (κ3) is 2.07. The van der Waals surface area contributed by atoms with E-state index in [9.17, 15) is 18.3 Å². The minimum atomic E-state index is -2.39. The fourth-order valence-corrected chi connectivity index (χ4v) is 2.14. The molecule has 1 N–H and O–H groups in total. The zero-order chi connectivity index (χ0) is 12.4. The zero-order valence-corrected chi connectivity index (χ0v) is 9.52. The highest BCUT2D eigenvalue weighted by molar-refractivity contribution is 7.74. The maximum Gasteiger partial charge on any atom is 0.297 e. The highest BCUT2D eigenvalue weighted by atomic mass is 32.2. The Balaban J connectivity index is 2.72. The lowest BCUT2D eigenvalue weighted by atomic mass is 10.1. The highest BCUT2D eigenvalue weighted by Gasteiger charge is 2.14. The monoisotopic (exact) mass is 251 g/mol. The van der Waals surface area contributed by atoms with Gasteiger partial charge in [-0.15, -0.1) is 0 Å². The molecule has 1 heterocycles.